The molecule has 0 saturated carbocycles. The highest BCUT2D eigenvalue weighted by Crippen LogP contribution is 2.30. The maximum Gasteiger partial charge on any atom is 0.255 e. The van der Waals surface area contributed by atoms with E-state index in [1.54, 1.807) is 32.4 Å². The van der Waals surface area contributed by atoms with Gasteiger partial charge in [-0.25, -0.2) is 0 Å². The van der Waals surface area contributed by atoms with E-state index in [1.165, 1.54) is 0 Å². The average Bonchev–Trinajstić information content (AvgIpc) is 2.68. The smallest absolute Gasteiger partial charge is 0.255 e. The Morgan fingerprint density at radius 1 is 1.00 bits per heavy atom. The van der Waals surface area contributed by atoms with Crippen molar-refractivity contribution in [2.24, 2.45) is 0 Å². The van der Waals surface area contributed by atoms with Crippen LogP contribution in [0.4, 0.5) is 11.4 Å². The van der Waals surface area contributed by atoms with E-state index in [9.17, 15) is 4.79 Å². The van der Waals surface area contributed by atoms with Crippen molar-refractivity contribution in [1.29, 1.82) is 0 Å². The van der Waals surface area contributed by atoms with E-state index < -0.39 is 0 Å². The van der Waals surface area contributed by atoms with Crippen molar-refractivity contribution in [2.45, 2.75) is 0 Å². The summed E-state index contributed by atoms with van der Waals surface area (Å²) in [6.45, 7) is 3.98. The number of ether oxygens (including phenoxy) is 2. The number of methoxy groups -OCH3 is 2. The zero-order valence-electron chi connectivity index (χ0n) is 15.5. The number of hydrogen-bond acceptors (Lipinski definition) is 5. The lowest BCUT2D eigenvalue weighted by Gasteiger charge is -2.34. The Bertz CT molecular complexity index is 771. The molecule has 1 N–H and O–H groups in total. The highest BCUT2D eigenvalue weighted by Gasteiger charge is 2.17. The minimum Gasteiger partial charge on any atom is -0.497 e. The van der Waals surface area contributed by atoms with Gasteiger partial charge in [0.2, 0.25) is 0 Å². The van der Waals surface area contributed by atoms with Crippen molar-refractivity contribution < 1.29 is 14.3 Å². The third-order valence-electron chi connectivity index (χ3n) is 4.63. The van der Waals surface area contributed by atoms with E-state index >= 15 is 0 Å². The van der Waals surface area contributed by atoms with Crippen molar-refractivity contribution in [1.82, 2.24) is 4.90 Å². The van der Waals surface area contributed by atoms with E-state index in [0.29, 0.717) is 22.7 Å². The summed E-state index contributed by atoms with van der Waals surface area (Å²) in [4.78, 5) is 17.3. The van der Waals surface area contributed by atoms with E-state index in [2.05, 4.69) is 22.2 Å². The van der Waals surface area contributed by atoms with Crippen molar-refractivity contribution in [3.63, 3.8) is 0 Å². The summed E-state index contributed by atoms with van der Waals surface area (Å²) in [7, 11) is 5.32. The molecule has 1 aliphatic heterocycles. The van der Waals surface area contributed by atoms with Gasteiger partial charge in [0.05, 0.1) is 19.9 Å². The first-order valence-electron chi connectivity index (χ1n) is 8.67. The van der Waals surface area contributed by atoms with Crippen molar-refractivity contribution in [2.75, 3.05) is 57.7 Å². The molecule has 0 bridgehead atoms. The second-order valence-corrected chi connectivity index (χ2v) is 6.36. The Kier molecular flexibility index (Phi) is 5.63. The van der Waals surface area contributed by atoms with E-state index in [-0.39, 0.29) is 5.91 Å². The summed E-state index contributed by atoms with van der Waals surface area (Å²) in [6.07, 6.45) is 0. The van der Waals surface area contributed by atoms with Gasteiger partial charge >= 0.3 is 0 Å². The Balaban J connectivity index is 1.81. The van der Waals surface area contributed by atoms with Gasteiger partial charge in [-0.3, -0.25) is 4.79 Å². The van der Waals surface area contributed by atoms with E-state index in [1.807, 2.05) is 24.3 Å². The van der Waals surface area contributed by atoms with Crippen molar-refractivity contribution >= 4 is 17.3 Å². The number of carbonyl (C=O) groups excluding carboxylic acids is 1. The van der Waals surface area contributed by atoms with Crippen LogP contribution in [0.2, 0.25) is 0 Å². The minimum absolute atomic E-state index is 0.197. The molecule has 3 rings (SSSR count). The zero-order chi connectivity index (χ0) is 18.5. The third kappa shape index (κ3) is 4.08. The molecule has 0 atom stereocenters. The van der Waals surface area contributed by atoms with Crippen LogP contribution in [0, 0.1) is 0 Å². The van der Waals surface area contributed by atoms with Crippen molar-refractivity contribution in [3.8, 4) is 11.5 Å². The van der Waals surface area contributed by atoms with Crippen LogP contribution in [-0.2, 0) is 0 Å². The molecule has 138 valence electrons. The molecule has 0 aliphatic carbocycles. The number of likely N-dealkylation sites (N-methyl/N-ethyl adjacent to an activating group) is 1. The molecule has 1 saturated heterocycles. The van der Waals surface area contributed by atoms with E-state index in [0.717, 1.165) is 31.9 Å². The molecular formula is C20H25N3O3. The molecule has 6 nitrogen and oxygen atoms in total. The predicted octanol–water partition coefficient (Wildman–Crippen LogP) is 2.71. The summed E-state index contributed by atoms with van der Waals surface area (Å²) in [5, 5.41) is 2.96. The molecule has 1 fully saturated rings. The lowest BCUT2D eigenvalue weighted by molar-refractivity contribution is 0.102. The summed E-state index contributed by atoms with van der Waals surface area (Å²) >= 11 is 0. The van der Waals surface area contributed by atoms with Gasteiger partial charge < -0.3 is 24.6 Å². The Morgan fingerprint density at radius 3 is 2.46 bits per heavy atom. The first-order valence-corrected chi connectivity index (χ1v) is 8.67. The maximum atomic E-state index is 12.6. The largest absolute Gasteiger partial charge is 0.497 e. The summed E-state index contributed by atoms with van der Waals surface area (Å²) in [6, 6.07) is 13.0. The first-order chi connectivity index (χ1) is 12.6. The summed E-state index contributed by atoms with van der Waals surface area (Å²) < 4.78 is 10.6. The lowest BCUT2D eigenvalue weighted by atomic mass is 10.1. The molecule has 0 unspecified atom stereocenters. The Labute approximate surface area is 154 Å². The van der Waals surface area contributed by atoms with Crippen LogP contribution in [0.5, 0.6) is 11.5 Å². The fourth-order valence-electron chi connectivity index (χ4n) is 3.01. The number of anilines is 2. The van der Waals surface area contributed by atoms with Crippen LogP contribution < -0.4 is 19.7 Å². The number of nitrogens with zero attached hydrogens (tertiary/aromatic N) is 2. The summed E-state index contributed by atoms with van der Waals surface area (Å²) in [5.41, 5.74) is 2.29. The third-order valence-corrected chi connectivity index (χ3v) is 4.63. The molecule has 2 aromatic rings. The number of rotatable bonds is 5. The Morgan fingerprint density at radius 2 is 1.77 bits per heavy atom. The van der Waals surface area contributed by atoms with Gasteiger partial charge in [-0.1, -0.05) is 6.07 Å². The molecule has 6 heteroatoms. The van der Waals surface area contributed by atoms with Crippen LogP contribution in [0.3, 0.4) is 0 Å². The Hall–Kier alpha value is -2.73. The topological polar surface area (TPSA) is 54.0 Å². The molecule has 0 aromatic heterocycles. The van der Waals surface area contributed by atoms with Gasteiger partial charge in [-0.05, 0) is 43.4 Å². The normalized spacial score (nSPS) is 14.8. The molecule has 26 heavy (non-hydrogen) atoms. The molecule has 2 aromatic carbocycles. The zero-order valence-corrected chi connectivity index (χ0v) is 15.5. The highest BCUT2D eigenvalue weighted by atomic mass is 16.5. The number of hydrogen-bond donors (Lipinski definition) is 1. The van der Waals surface area contributed by atoms with Crippen LogP contribution in [0.15, 0.2) is 42.5 Å². The molecule has 1 amide bonds. The molecule has 0 spiro atoms. The van der Waals surface area contributed by atoms with Gasteiger partial charge in [0.1, 0.15) is 11.5 Å². The average molecular weight is 355 g/mol. The number of carbonyl (C=O) groups is 1. The van der Waals surface area contributed by atoms with Gasteiger partial charge in [-0.15, -0.1) is 0 Å². The van der Waals surface area contributed by atoms with Gasteiger partial charge in [-0.2, -0.15) is 0 Å². The highest BCUT2D eigenvalue weighted by molar-refractivity contribution is 6.05. The van der Waals surface area contributed by atoms with Crippen LogP contribution >= 0.6 is 0 Å². The molecule has 1 aliphatic rings. The number of piperazine rings is 1. The first kappa shape index (κ1) is 18.1. The van der Waals surface area contributed by atoms with Crippen molar-refractivity contribution in [3.05, 3.63) is 48.0 Å². The standard InChI is InChI=1S/C20H25N3O3/c1-22-9-11-23(12-10-22)16-7-8-19(26-3)18(14-16)21-20(24)15-5-4-6-17(13-15)25-2/h4-8,13-14H,9-12H2,1-3H3,(H,21,24). The molecule has 1 heterocycles. The maximum absolute atomic E-state index is 12.6. The second kappa shape index (κ2) is 8.10. The summed E-state index contributed by atoms with van der Waals surface area (Å²) in [5.74, 6) is 1.09. The quantitative estimate of drug-likeness (QED) is 0.894. The monoisotopic (exact) mass is 355 g/mol. The minimum atomic E-state index is -0.197. The van der Waals surface area contributed by atoms with Crippen LogP contribution in [0.25, 0.3) is 0 Å². The predicted molar refractivity (Wildman–Crippen MR) is 104 cm³/mol. The fourth-order valence-corrected chi connectivity index (χ4v) is 3.01. The second-order valence-electron chi connectivity index (χ2n) is 6.36. The number of nitrogens with one attached hydrogen (secondary N) is 1. The SMILES string of the molecule is COc1cccc(C(=O)Nc2cc(N3CCN(C)CC3)ccc2OC)c1. The number of amides is 1. The number of benzene rings is 2. The lowest BCUT2D eigenvalue weighted by Crippen LogP contribution is -2.44. The van der Waals surface area contributed by atoms with Crippen LogP contribution in [0.1, 0.15) is 10.4 Å². The molecule has 0 radical (unpaired) electrons. The van der Waals surface area contributed by atoms with Gasteiger partial charge in [0.25, 0.3) is 5.91 Å². The van der Waals surface area contributed by atoms with Crippen LogP contribution in [-0.4, -0.2) is 58.3 Å². The van der Waals surface area contributed by atoms with Gasteiger partial charge in [0.15, 0.2) is 0 Å². The fraction of sp³-hybridized carbons (Fsp3) is 0.350. The van der Waals surface area contributed by atoms with Gasteiger partial charge in [0, 0.05) is 37.4 Å². The molecular weight excluding hydrogens is 330 g/mol. The van der Waals surface area contributed by atoms with E-state index in [4.69, 9.17) is 9.47 Å².